The molecule has 0 bridgehead atoms. The van der Waals surface area contributed by atoms with Crippen LogP contribution in [0.5, 0.6) is 0 Å². The third-order valence-corrected chi connectivity index (χ3v) is 6.92. The lowest BCUT2D eigenvalue weighted by Crippen LogP contribution is -2.50. The van der Waals surface area contributed by atoms with Gasteiger partial charge in [-0.25, -0.2) is 4.98 Å². The first kappa shape index (κ1) is 21.8. The highest BCUT2D eigenvalue weighted by atomic mass is 35.5. The fraction of sp³-hybridized carbons (Fsp3) is 0.400. The van der Waals surface area contributed by atoms with Crippen LogP contribution in [0.4, 0.5) is 11.6 Å². The first-order valence-corrected chi connectivity index (χ1v) is 12.0. The summed E-state index contributed by atoms with van der Waals surface area (Å²) in [6.45, 7) is 4.33. The molecular formula is C25H28ClN5O2. The standard InChI is InChI=1S/C25H28ClN5O2/c26-20-9-3-5-11-22(20)28-14-16-29(17-15-28)23(32)18-31-24(33)19-8-2-4-10-21(19)27-25(31)30-12-6-1-7-13-30/h2-5,8-11H,1,6-7,12-18H2. The van der Waals surface area contributed by atoms with Crippen LogP contribution in [0.25, 0.3) is 10.9 Å². The molecule has 7 nitrogen and oxygen atoms in total. The van der Waals surface area contributed by atoms with E-state index in [9.17, 15) is 9.59 Å². The number of halogens is 1. The predicted octanol–water partition coefficient (Wildman–Crippen LogP) is 3.39. The van der Waals surface area contributed by atoms with E-state index in [0.29, 0.717) is 43.0 Å². The lowest BCUT2D eigenvalue weighted by atomic mass is 10.1. The number of carbonyl (C=O) groups is 1. The van der Waals surface area contributed by atoms with Crippen molar-refractivity contribution in [3.8, 4) is 0 Å². The van der Waals surface area contributed by atoms with E-state index < -0.39 is 0 Å². The average Bonchev–Trinajstić information content (AvgIpc) is 2.86. The minimum atomic E-state index is -0.149. The molecular weight excluding hydrogens is 438 g/mol. The van der Waals surface area contributed by atoms with Crippen molar-refractivity contribution in [3.05, 3.63) is 63.9 Å². The summed E-state index contributed by atoms with van der Waals surface area (Å²) >= 11 is 6.35. The van der Waals surface area contributed by atoms with Gasteiger partial charge in [0.25, 0.3) is 5.56 Å². The lowest BCUT2D eigenvalue weighted by Gasteiger charge is -2.37. The van der Waals surface area contributed by atoms with E-state index in [1.54, 1.807) is 10.6 Å². The van der Waals surface area contributed by atoms with Crippen LogP contribution in [0.3, 0.4) is 0 Å². The summed E-state index contributed by atoms with van der Waals surface area (Å²) in [5, 5.41) is 1.27. The number of anilines is 2. The van der Waals surface area contributed by atoms with Crippen molar-refractivity contribution in [3.63, 3.8) is 0 Å². The number of hydrogen-bond acceptors (Lipinski definition) is 5. The fourth-order valence-electron chi connectivity index (χ4n) is 4.77. The number of amides is 1. The maximum atomic E-state index is 13.4. The molecule has 2 saturated heterocycles. The highest BCUT2D eigenvalue weighted by Crippen LogP contribution is 2.26. The second-order valence-electron chi connectivity index (χ2n) is 8.69. The van der Waals surface area contributed by atoms with Gasteiger partial charge in [0.05, 0.1) is 21.6 Å². The molecule has 2 aliphatic heterocycles. The van der Waals surface area contributed by atoms with Crippen molar-refractivity contribution in [2.75, 3.05) is 49.1 Å². The number of rotatable bonds is 4. The Hall–Kier alpha value is -3.06. The van der Waals surface area contributed by atoms with Crippen molar-refractivity contribution in [2.24, 2.45) is 0 Å². The van der Waals surface area contributed by atoms with Gasteiger partial charge in [-0.15, -0.1) is 0 Å². The van der Waals surface area contributed by atoms with Crippen LogP contribution in [0.15, 0.2) is 53.3 Å². The number of piperazine rings is 1. The van der Waals surface area contributed by atoms with Gasteiger partial charge in [-0.2, -0.15) is 0 Å². The summed E-state index contributed by atoms with van der Waals surface area (Å²) in [5.41, 5.74) is 1.53. The van der Waals surface area contributed by atoms with Gasteiger partial charge in [-0.1, -0.05) is 35.9 Å². The summed E-state index contributed by atoms with van der Waals surface area (Å²) in [4.78, 5) is 37.7. The first-order chi connectivity index (χ1) is 16.1. The molecule has 33 heavy (non-hydrogen) atoms. The topological polar surface area (TPSA) is 61.7 Å². The zero-order valence-electron chi connectivity index (χ0n) is 18.6. The van der Waals surface area contributed by atoms with E-state index in [1.165, 1.54) is 6.42 Å². The van der Waals surface area contributed by atoms with Gasteiger partial charge in [0.15, 0.2) is 0 Å². The van der Waals surface area contributed by atoms with Crippen molar-refractivity contribution >= 4 is 40.0 Å². The Bertz CT molecular complexity index is 1210. The maximum absolute atomic E-state index is 13.4. The molecule has 0 N–H and O–H groups in total. The number of aromatic nitrogens is 2. The molecule has 2 aromatic carbocycles. The molecule has 0 saturated carbocycles. The van der Waals surface area contributed by atoms with Gasteiger partial charge >= 0.3 is 0 Å². The number of hydrogen-bond donors (Lipinski definition) is 0. The molecule has 8 heteroatoms. The second kappa shape index (κ2) is 9.43. The van der Waals surface area contributed by atoms with E-state index in [1.807, 2.05) is 47.4 Å². The summed E-state index contributed by atoms with van der Waals surface area (Å²) in [5.74, 6) is 0.563. The Morgan fingerprint density at radius 3 is 2.30 bits per heavy atom. The van der Waals surface area contributed by atoms with E-state index >= 15 is 0 Å². The fourth-order valence-corrected chi connectivity index (χ4v) is 5.03. The van der Waals surface area contributed by atoms with Crippen molar-refractivity contribution in [1.29, 1.82) is 0 Å². The van der Waals surface area contributed by atoms with E-state index in [2.05, 4.69) is 9.80 Å². The minimum Gasteiger partial charge on any atom is -0.367 e. The molecule has 0 radical (unpaired) electrons. The minimum absolute atomic E-state index is 0.00853. The van der Waals surface area contributed by atoms with E-state index in [0.717, 1.165) is 36.6 Å². The molecule has 3 aromatic rings. The van der Waals surface area contributed by atoms with E-state index in [4.69, 9.17) is 16.6 Å². The average molecular weight is 466 g/mol. The van der Waals surface area contributed by atoms with Gasteiger partial charge < -0.3 is 14.7 Å². The van der Waals surface area contributed by atoms with Crippen LogP contribution in [0.1, 0.15) is 19.3 Å². The third kappa shape index (κ3) is 4.42. The van der Waals surface area contributed by atoms with E-state index in [-0.39, 0.29) is 18.0 Å². The largest absolute Gasteiger partial charge is 0.367 e. The Kier molecular flexibility index (Phi) is 6.22. The molecule has 1 amide bonds. The molecule has 172 valence electrons. The number of fused-ring (bicyclic) bond motifs is 1. The summed E-state index contributed by atoms with van der Waals surface area (Å²) in [7, 11) is 0. The molecule has 1 aromatic heterocycles. The smallest absolute Gasteiger partial charge is 0.263 e. The SMILES string of the molecule is O=C(Cn1c(N2CCCCC2)nc2ccccc2c1=O)N1CCN(c2ccccc2Cl)CC1. The molecule has 3 heterocycles. The van der Waals surface area contributed by atoms with Crippen molar-refractivity contribution in [2.45, 2.75) is 25.8 Å². The zero-order chi connectivity index (χ0) is 22.8. The van der Waals surface area contributed by atoms with Crippen LogP contribution in [0.2, 0.25) is 5.02 Å². The van der Waals surface area contributed by atoms with Crippen molar-refractivity contribution < 1.29 is 4.79 Å². The van der Waals surface area contributed by atoms with Crippen LogP contribution >= 0.6 is 11.6 Å². The monoisotopic (exact) mass is 465 g/mol. The molecule has 0 aliphatic carbocycles. The van der Waals surface area contributed by atoms with Gasteiger partial charge in [0, 0.05) is 39.3 Å². The van der Waals surface area contributed by atoms with Crippen LogP contribution in [0, 0.1) is 0 Å². The third-order valence-electron chi connectivity index (χ3n) is 6.60. The van der Waals surface area contributed by atoms with Crippen LogP contribution in [-0.2, 0) is 11.3 Å². The normalized spacial score (nSPS) is 16.9. The summed E-state index contributed by atoms with van der Waals surface area (Å²) < 4.78 is 1.58. The highest BCUT2D eigenvalue weighted by molar-refractivity contribution is 6.33. The number of carbonyl (C=O) groups excluding carboxylic acids is 1. The second-order valence-corrected chi connectivity index (χ2v) is 9.09. The van der Waals surface area contributed by atoms with Gasteiger partial charge in [-0.05, 0) is 43.5 Å². The number of benzene rings is 2. The van der Waals surface area contributed by atoms with Gasteiger partial charge in [-0.3, -0.25) is 14.2 Å². The maximum Gasteiger partial charge on any atom is 0.263 e. The number of nitrogens with zero attached hydrogens (tertiary/aromatic N) is 5. The Labute approximate surface area is 198 Å². The quantitative estimate of drug-likeness (QED) is 0.591. The molecule has 2 fully saturated rings. The molecule has 0 spiro atoms. The Morgan fingerprint density at radius 1 is 0.848 bits per heavy atom. The molecule has 0 atom stereocenters. The summed E-state index contributed by atoms with van der Waals surface area (Å²) in [6, 6.07) is 15.2. The number of piperidine rings is 1. The molecule has 5 rings (SSSR count). The highest BCUT2D eigenvalue weighted by Gasteiger charge is 2.25. The Balaban J connectivity index is 1.37. The van der Waals surface area contributed by atoms with Gasteiger partial charge in [0.2, 0.25) is 11.9 Å². The van der Waals surface area contributed by atoms with Gasteiger partial charge in [0.1, 0.15) is 6.54 Å². The molecule has 0 unspecified atom stereocenters. The molecule has 2 aliphatic rings. The first-order valence-electron chi connectivity index (χ1n) is 11.6. The van der Waals surface area contributed by atoms with Crippen molar-refractivity contribution in [1.82, 2.24) is 14.5 Å². The van der Waals surface area contributed by atoms with Crippen LogP contribution in [-0.4, -0.2) is 59.6 Å². The Morgan fingerprint density at radius 2 is 1.55 bits per heavy atom. The number of para-hydroxylation sites is 2. The predicted molar refractivity (Wildman–Crippen MR) is 132 cm³/mol. The summed E-state index contributed by atoms with van der Waals surface area (Å²) in [6.07, 6.45) is 3.32. The van der Waals surface area contributed by atoms with Crippen LogP contribution < -0.4 is 15.4 Å². The lowest BCUT2D eigenvalue weighted by molar-refractivity contribution is -0.132. The zero-order valence-corrected chi connectivity index (χ0v) is 19.4.